The maximum atomic E-state index is 12.4. The molecule has 1 heterocycles. The van der Waals surface area contributed by atoms with Crippen molar-refractivity contribution in [2.24, 2.45) is 5.73 Å². The number of nitrogens with two attached hydrogens (primary N) is 1. The van der Waals surface area contributed by atoms with Crippen LogP contribution < -0.4 is 5.73 Å². The van der Waals surface area contributed by atoms with E-state index >= 15 is 0 Å². The van der Waals surface area contributed by atoms with E-state index in [9.17, 15) is 13.2 Å². The number of benzene rings is 1. The molecule has 2 rings (SSSR count). The fraction of sp³-hybridized carbons (Fsp3) is 0.0909. The Morgan fingerprint density at radius 1 is 1.37 bits per heavy atom. The number of nitrogens with zero attached hydrogens (tertiary/aromatic N) is 2. The second-order valence-electron chi connectivity index (χ2n) is 3.75. The van der Waals surface area contributed by atoms with Gasteiger partial charge in [0.05, 0.1) is 22.5 Å². The van der Waals surface area contributed by atoms with Gasteiger partial charge in [0, 0.05) is 11.8 Å². The van der Waals surface area contributed by atoms with Gasteiger partial charge in [0.2, 0.25) is 0 Å². The monoisotopic (exact) mass is 288 g/mol. The Bertz CT molecular complexity index is 633. The number of amidine groups is 1. The molecule has 0 amide bonds. The first-order valence-electron chi connectivity index (χ1n) is 5.05. The van der Waals surface area contributed by atoms with E-state index in [2.05, 4.69) is 5.10 Å². The molecule has 2 aromatic rings. The SMILES string of the molecule is N=C(N)c1ccc(-n2cc(C(F)(F)F)cn2)cc1Cl. The topological polar surface area (TPSA) is 67.7 Å². The van der Waals surface area contributed by atoms with Crippen LogP contribution in [0.1, 0.15) is 11.1 Å². The molecule has 0 atom stereocenters. The van der Waals surface area contributed by atoms with Crippen LogP contribution >= 0.6 is 11.6 Å². The van der Waals surface area contributed by atoms with Crippen molar-refractivity contribution in [2.75, 3.05) is 0 Å². The highest BCUT2D eigenvalue weighted by Gasteiger charge is 2.32. The summed E-state index contributed by atoms with van der Waals surface area (Å²) in [5.74, 6) is -0.215. The highest BCUT2D eigenvalue weighted by Crippen LogP contribution is 2.29. The summed E-state index contributed by atoms with van der Waals surface area (Å²) in [6.07, 6.45) is -2.85. The molecule has 1 aromatic heterocycles. The number of nitrogen functional groups attached to an aromatic ring is 1. The zero-order chi connectivity index (χ0) is 14.2. The number of rotatable bonds is 2. The Balaban J connectivity index is 2.40. The third-order valence-electron chi connectivity index (χ3n) is 2.42. The first kappa shape index (κ1) is 13.4. The smallest absolute Gasteiger partial charge is 0.384 e. The van der Waals surface area contributed by atoms with Crippen LogP contribution in [0.4, 0.5) is 13.2 Å². The van der Waals surface area contributed by atoms with Crippen molar-refractivity contribution < 1.29 is 13.2 Å². The van der Waals surface area contributed by atoms with E-state index in [1.807, 2.05) is 0 Å². The van der Waals surface area contributed by atoms with E-state index < -0.39 is 11.7 Å². The lowest BCUT2D eigenvalue weighted by atomic mass is 10.2. The van der Waals surface area contributed by atoms with Gasteiger partial charge in [-0.05, 0) is 18.2 Å². The number of hydrogen-bond acceptors (Lipinski definition) is 2. The molecule has 4 nitrogen and oxygen atoms in total. The molecular weight excluding hydrogens is 281 g/mol. The number of nitrogens with one attached hydrogen (secondary N) is 1. The summed E-state index contributed by atoms with van der Waals surface area (Å²) in [7, 11) is 0. The zero-order valence-corrected chi connectivity index (χ0v) is 10.1. The van der Waals surface area contributed by atoms with Crippen molar-refractivity contribution in [1.82, 2.24) is 9.78 Å². The number of aromatic nitrogens is 2. The van der Waals surface area contributed by atoms with Crippen molar-refractivity contribution in [1.29, 1.82) is 5.41 Å². The largest absolute Gasteiger partial charge is 0.419 e. The summed E-state index contributed by atoms with van der Waals surface area (Å²) in [6, 6.07) is 4.33. The van der Waals surface area contributed by atoms with Crippen LogP contribution in [0.5, 0.6) is 0 Å². The van der Waals surface area contributed by atoms with Crippen LogP contribution in [0, 0.1) is 5.41 Å². The van der Waals surface area contributed by atoms with Crippen molar-refractivity contribution in [3.63, 3.8) is 0 Å². The van der Waals surface area contributed by atoms with E-state index in [1.165, 1.54) is 18.2 Å². The lowest BCUT2D eigenvalue weighted by Crippen LogP contribution is -2.11. The normalized spacial score (nSPS) is 11.6. The molecule has 0 bridgehead atoms. The van der Waals surface area contributed by atoms with Gasteiger partial charge in [-0.15, -0.1) is 0 Å². The first-order chi connectivity index (χ1) is 8.79. The van der Waals surface area contributed by atoms with Crippen molar-refractivity contribution in [3.8, 4) is 5.69 Å². The summed E-state index contributed by atoms with van der Waals surface area (Å²) < 4.78 is 38.4. The molecule has 0 aliphatic carbocycles. The quantitative estimate of drug-likeness (QED) is 0.659. The number of hydrogen-bond donors (Lipinski definition) is 2. The van der Waals surface area contributed by atoms with Crippen LogP contribution in [-0.4, -0.2) is 15.6 Å². The van der Waals surface area contributed by atoms with Crippen LogP contribution in [0.3, 0.4) is 0 Å². The lowest BCUT2D eigenvalue weighted by Gasteiger charge is -2.06. The van der Waals surface area contributed by atoms with Crippen LogP contribution in [0.15, 0.2) is 30.6 Å². The number of alkyl halides is 3. The summed E-state index contributed by atoms with van der Waals surface area (Å²) in [4.78, 5) is 0. The molecule has 1 aromatic carbocycles. The first-order valence-corrected chi connectivity index (χ1v) is 5.43. The molecule has 0 spiro atoms. The van der Waals surface area contributed by atoms with Gasteiger partial charge in [0.15, 0.2) is 0 Å². The molecular formula is C11H8ClF3N4. The van der Waals surface area contributed by atoms with E-state index in [1.54, 1.807) is 0 Å². The Hall–Kier alpha value is -2.02. The fourth-order valence-electron chi connectivity index (χ4n) is 1.48. The van der Waals surface area contributed by atoms with Gasteiger partial charge in [-0.2, -0.15) is 18.3 Å². The minimum Gasteiger partial charge on any atom is -0.384 e. The molecule has 3 N–H and O–H groups in total. The summed E-state index contributed by atoms with van der Waals surface area (Å²) >= 11 is 5.89. The Labute approximate surface area is 111 Å². The lowest BCUT2D eigenvalue weighted by molar-refractivity contribution is -0.137. The van der Waals surface area contributed by atoms with Gasteiger partial charge >= 0.3 is 6.18 Å². The van der Waals surface area contributed by atoms with Crippen molar-refractivity contribution in [2.45, 2.75) is 6.18 Å². The second-order valence-corrected chi connectivity index (χ2v) is 4.16. The van der Waals surface area contributed by atoms with Crippen LogP contribution in [0.2, 0.25) is 5.02 Å². The second kappa shape index (κ2) is 4.58. The molecule has 0 unspecified atom stereocenters. The van der Waals surface area contributed by atoms with Gasteiger partial charge in [-0.25, -0.2) is 4.68 Å². The molecule has 0 fully saturated rings. The highest BCUT2D eigenvalue weighted by atomic mass is 35.5. The third kappa shape index (κ3) is 2.70. The zero-order valence-electron chi connectivity index (χ0n) is 9.37. The van der Waals surface area contributed by atoms with Gasteiger partial charge in [-0.1, -0.05) is 11.6 Å². The summed E-state index contributed by atoms with van der Waals surface area (Å²) in [5, 5.41) is 11.1. The standard InChI is InChI=1S/C11H8ClF3N4/c12-9-3-7(1-2-8(9)10(16)17)19-5-6(4-18-19)11(13,14)15/h1-5H,(H3,16,17). The Morgan fingerprint density at radius 2 is 2.05 bits per heavy atom. The maximum absolute atomic E-state index is 12.4. The molecule has 0 radical (unpaired) electrons. The molecule has 0 saturated heterocycles. The third-order valence-corrected chi connectivity index (χ3v) is 2.73. The van der Waals surface area contributed by atoms with E-state index in [0.717, 1.165) is 17.1 Å². The molecule has 19 heavy (non-hydrogen) atoms. The van der Waals surface area contributed by atoms with Gasteiger partial charge in [0.1, 0.15) is 5.84 Å². The number of halogens is 4. The summed E-state index contributed by atoms with van der Waals surface area (Å²) in [5.41, 5.74) is 5.11. The van der Waals surface area contributed by atoms with Gasteiger partial charge < -0.3 is 5.73 Å². The average Bonchev–Trinajstić information content (AvgIpc) is 2.76. The minimum atomic E-state index is -4.44. The van der Waals surface area contributed by atoms with Gasteiger partial charge in [0.25, 0.3) is 0 Å². The van der Waals surface area contributed by atoms with Crippen LogP contribution in [0.25, 0.3) is 5.69 Å². The van der Waals surface area contributed by atoms with Gasteiger partial charge in [-0.3, -0.25) is 5.41 Å². The molecule has 100 valence electrons. The van der Waals surface area contributed by atoms with E-state index in [-0.39, 0.29) is 10.9 Å². The van der Waals surface area contributed by atoms with E-state index in [0.29, 0.717) is 11.3 Å². The average molecular weight is 289 g/mol. The Kier molecular flexibility index (Phi) is 3.23. The van der Waals surface area contributed by atoms with Crippen molar-refractivity contribution >= 4 is 17.4 Å². The summed E-state index contributed by atoms with van der Waals surface area (Å²) in [6.45, 7) is 0. The predicted molar refractivity (Wildman–Crippen MR) is 64.6 cm³/mol. The molecule has 0 aliphatic rings. The van der Waals surface area contributed by atoms with E-state index in [4.69, 9.17) is 22.7 Å². The molecule has 8 heteroatoms. The molecule has 0 aliphatic heterocycles. The van der Waals surface area contributed by atoms with Crippen LogP contribution in [-0.2, 0) is 6.18 Å². The predicted octanol–water partition coefficient (Wildman–Crippen LogP) is 2.83. The van der Waals surface area contributed by atoms with Crippen molar-refractivity contribution in [3.05, 3.63) is 46.7 Å². The maximum Gasteiger partial charge on any atom is 0.419 e. The Morgan fingerprint density at radius 3 is 2.53 bits per heavy atom. The highest BCUT2D eigenvalue weighted by molar-refractivity contribution is 6.34. The fourth-order valence-corrected chi connectivity index (χ4v) is 1.75. The minimum absolute atomic E-state index is 0.175. The molecule has 0 saturated carbocycles.